The van der Waals surface area contributed by atoms with Crippen LogP contribution in [-0.4, -0.2) is 13.2 Å². The molecule has 1 heterocycles. The third-order valence-corrected chi connectivity index (χ3v) is 17.9. The van der Waals surface area contributed by atoms with E-state index in [1.807, 2.05) is 0 Å². The SMILES string of the molecule is CC=C1COCC1=CC(C#Cc1c2ccccc2c(-c2c3ccccc3c(/C=C/C)c3ccccc23)c2ccccc12)=C([C]#[Os])[P+](c1ccccc1)(c1ccccc1)c1ccccc1. The Kier molecular flexibility index (Phi) is 11.8. The van der Waals surface area contributed by atoms with Gasteiger partial charge in [0, 0.05) is 0 Å². The van der Waals surface area contributed by atoms with Gasteiger partial charge < -0.3 is 0 Å². The molecule has 1 saturated heterocycles. The summed E-state index contributed by atoms with van der Waals surface area (Å²) in [6, 6.07) is 68.6. The van der Waals surface area contributed by atoms with Crippen LogP contribution >= 0.6 is 7.26 Å². The Bertz CT molecular complexity index is 3280. The third kappa shape index (κ3) is 7.14. The van der Waals surface area contributed by atoms with Crippen LogP contribution in [0.5, 0.6) is 0 Å². The Morgan fingerprint density at radius 2 is 0.891 bits per heavy atom. The van der Waals surface area contributed by atoms with E-state index < -0.39 is 7.26 Å². The topological polar surface area (TPSA) is 9.23 Å². The molecule has 9 aromatic rings. The first-order valence-corrected chi connectivity index (χ1v) is 24.8. The van der Waals surface area contributed by atoms with Gasteiger partial charge in [0.05, 0.1) is 0 Å². The van der Waals surface area contributed by atoms with Crippen LogP contribution < -0.4 is 15.9 Å². The van der Waals surface area contributed by atoms with Crippen LogP contribution in [0.25, 0.3) is 60.3 Å². The summed E-state index contributed by atoms with van der Waals surface area (Å²) in [5.74, 6) is 7.85. The van der Waals surface area contributed by atoms with Gasteiger partial charge in [0.15, 0.2) is 0 Å². The van der Waals surface area contributed by atoms with E-state index in [9.17, 15) is 0 Å². The summed E-state index contributed by atoms with van der Waals surface area (Å²) in [6.07, 6.45) is 8.88. The molecule has 0 atom stereocenters. The van der Waals surface area contributed by atoms with Crippen molar-refractivity contribution in [2.75, 3.05) is 13.2 Å². The van der Waals surface area contributed by atoms with Gasteiger partial charge in [-0.25, -0.2) is 0 Å². The molecule has 1 fully saturated rings. The monoisotopic (exact) mass is 1020 g/mol. The molecule has 1 nitrogen and oxygen atoms in total. The molecule has 0 unspecified atom stereocenters. The fraction of sp³-hybridized carbons (Fsp3) is 0.0656. The van der Waals surface area contributed by atoms with Crippen molar-refractivity contribution in [3.05, 3.63) is 239 Å². The van der Waals surface area contributed by atoms with Crippen LogP contribution in [0, 0.1) is 16.2 Å². The molecular formula is C61H45OOsP+. The molecule has 9 aromatic carbocycles. The van der Waals surface area contributed by atoms with Crippen LogP contribution in [0.4, 0.5) is 0 Å². The summed E-state index contributed by atoms with van der Waals surface area (Å²) in [5.41, 5.74) is 8.04. The average Bonchev–Trinajstić information content (AvgIpc) is 3.82. The Morgan fingerprint density at radius 1 is 0.500 bits per heavy atom. The van der Waals surface area contributed by atoms with Crippen molar-refractivity contribution < 1.29 is 22.7 Å². The molecule has 0 bridgehead atoms. The quantitative estimate of drug-likeness (QED) is 0.0878. The van der Waals surface area contributed by atoms with Gasteiger partial charge in [-0.3, -0.25) is 0 Å². The molecular weight excluding hydrogens is 970 g/mol. The maximum absolute atomic E-state index is 6.11. The van der Waals surface area contributed by atoms with Crippen molar-refractivity contribution in [1.29, 1.82) is 0 Å². The number of benzene rings is 9. The Labute approximate surface area is 386 Å². The molecule has 3 heteroatoms. The van der Waals surface area contributed by atoms with Crippen molar-refractivity contribution >= 4 is 72.3 Å². The van der Waals surface area contributed by atoms with E-state index in [4.69, 9.17) is 4.74 Å². The fourth-order valence-corrected chi connectivity index (χ4v) is 15.5. The summed E-state index contributed by atoms with van der Waals surface area (Å²) >= 11 is 1.80. The molecule has 0 saturated carbocycles. The Hall–Kier alpha value is -6.65. The van der Waals surface area contributed by atoms with E-state index in [1.165, 1.54) is 70.5 Å². The summed E-state index contributed by atoms with van der Waals surface area (Å²) in [6.45, 7) is 5.32. The van der Waals surface area contributed by atoms with Gasteiger partial charge in [-0.1, -0.05) is 48.6 Å². The van der Waals surface area contributed by atoms with Gasteiger partial charge in [0.25, 0.3) is 0 Å². The van der Waals surface area contributed by atoms with Crippen molar-refractivity contribution in [2.45, 2.75) is 13.8 Å². The minimum absolute atomic E-state index is 0.535. The van der Waals surface area contributed by atoms with Crippen LogP contribution in [0.2, 0.25) is 0 Å². The second-order valence-electron chi connectivity index (χ2n) is 16.0. The number of hydrogen-bond donors (Lipinski definition) is 0. The second-order valence-corrected chi connectivity index (χ2v) is 19.9. The summed E-state index contributed by atoms with van der Waals surface area (Å²) < 4.78 is 9.99. The normalized spacial score (nSPS) is 14.7. The molecule has 0 N–H and O–H groups in total. The third-order valence-electron chi connectivity index (χ3n) is 12.5. The zero-order chi connectivity index (χ0) is 43.5. The van der Waals surface area contributed by atoms with E-state index in [-0.39, 0.29) is 0 Å². The molecule has 0 spiro atoms. The van der Waals surface area contributed by atoms with Gasteiger partial charge in [-0.05, 0) is 12.5 Å². The molecule has 1 aliphatic heterocycles. The molecule has 0 amide bonds. The number of rotatable bonds is 7. The Morgan fingerprint density at radius 3 is 1.31 bits per heavy atom. The van der Waals surface area contributed by atoms with E-state index >= 15 is 0 Å². The molecule has 64 heavy (non-hydrogen) atoms. The zero-order valence-corrected chi connectivity index (χ0v) is 39.3. The van der Waals surface area contributed by atoms with Crippen LogP contribution in [0.1, 0.15) is 25.0 Å². The fourth-order valence-electron chi connectivity index (χ4n) is 9.71. The zero-order valence-electron chi connectivity index (χ0n) is 35.8. The van der Waals surface area contributed by atoms with E-state index in [0.717, 1.165) is 32.8 Å². The molecule has 0 radical (unpaired) electrons. The van der Waals surface area contributed by atoms with Gasteiger partial charge >= 0.3 is 328 Å². The van der Waals surface area contributed by atoms with E-state index in [0.29, 0.717) is 13.2 Å². The van der Waals surface area contributed by atoms with Crippen molar-refractivity contribution in [3.8, 4) is 27.3 Å². The minimum atomic E-state index is -2.56. The summed E-state index contributed by atoms with van der Waals surface area (Å²) in [5, 5.41) is 14.5. The molecule has 10 rings (SSSR count). The van der Waals surface area contributed by atoms with Crippen LogP contribution in [0.15, 0.2) is 228 Å². The first-order chi connectivity index (χ1) is 31.7. The first kappa shape index (κ1) is 41.4. The first-order valence-electron chi connectivity index (χ1n) is 21.8. The Balaban J connectivity index is 1.33. The van der Waals surface area contributed by atoms with Gasteiger partial charge in [0.2, 0.25) is 0 Å². The molecule has 0 aromatic heterocycles. The molecule has 1 aliphatic rings. The number of allylic oxidation sites excluding steroid dienone is 5. The van der Waals surface area contributed by atoms with Crippen molar-refractivity contribution in [3.63, 3.8) is 0 Å². The van der Waals surface area contributed by atoms with Crippen LogP contribution in [0.3, 0.4) is 0 Å². The number of hydrogen-bond acceptors (Lipinski definition) is 1. The van der Waals surface area contributed by atoms with Crippen LogP contribution in [-0.2, 0) is 22.7 Å². The van der Waals surface area contributed by atoms with Crippen molar-refractivity contribution in [2.24, 2.45) is 0 Å². The van der Waals surface area contributed by atoms with Gasteiger partial charge in [-0.2, -0.15) is 0 Å². The molecule has 0 aliphatic carbocycles. The van der Waals surface area contributed by atoms with Gasteiger partial charge in [0.1, 0.15) is 0 Å². The average molecular weight is 1020 g/mol. The standard InChI is InChI=1S/C61H45OP.Os/c1-4-23-50-51-30-15-19-34-56(51)60(57-35-20-16-31-52(50)57)61-58-36-21-17-32-53(58)55(54-33-18-22-37-59(54)61)39-38-45(40-46-42-62-41-44(46)5-2)43(3)63(47-24-9-6-10-25-47,48-26-11-7-12-27-48)49-28-13-8-14-29-49;/h4-37,40H,41-42H2,1-2H3;/q+1;/b23-4+,44-5?,45-43?,46-40?;. The second kappa shape index (κ2) is 18.2. The predicted molar refractivity (Wildman–Crippen MR) is 272 cm³/mol. The predicted octanol–water partition coefficient (Wildman–Crippen LogP) is 14.0. The van der Waals surface area contributed by atoms with Crippen molar-refractivity contribution in [1.82, 2.24) is 0 Å². The summed E-state index contributed by atoms with van der Waals surface area (Å²) in [7, 11) is -2.56. The molecule has 307 valence electrons. The number of fused-ring (bicyclic) bond motifs is 4. The van der Waals surface area contributed by atoms with E-state index in [1.54, 1.807) is 17.9 Å². The maximum atomic E-state index is 6.11. The van der Waals surface area contributed by atoms with Gasteiger partial charge in [-0.15, -0.1) is 0 Å². The summed E-state index contributed by atoms with van der Waals surface area (Å²) in [4.78, 5) is 0. The number of ether oxygens (including phenoxy) is 1. The van der Waals surface area contributed by atoms with E-state index in [2.05, 4.69) is 242 Å².